The summed E-state index contributed by atoms with van der Waals surface area (Å²) in [5, 5.41) is 2.83. The molecule has 0 fully saturated rings. The lowest BCUT2D eigenvalue weighted by atomic mass is 10.0. The van der Waals surface area contributed by atoms with Crippen LogP contribution in [0.4, 0.5) is 13.2 Å². The molecular weight excluding hydrogens is 259 g/mol. The Morgan fingerprint density at radius 3 is 2.26 bits per heavy atom. The summed E-state index contributed by atoms with van der Waals surface area (Å²) >= 11 is 0. The lowest BCUT2D eigenvalue weighted by Gasteiger charge is -2.21. The van der Waals surface area contributed by atoms with Crippen LogP contribution in [0.25, 0.3) is 0 Å². The number of hydrogen-bond acceptors (Lipinski definition) is 3. The van der Waals surface area contributed by atoms with E-state index in [9.17, 15) is 13.2 Å². The predicted octanol–water partition coefficient (Wildman–Crippen LogP) is 3.31. The van der Waals surface area contributed by atoms with Crippen molar-refractivity contribution in [1.82, 2.24) is 5.32 Å². The third kappa shape index (κ3) is 4.63. The molecule has 3 nitrogen and oxygen atoms in total. The average Bonchev–Trinajstić information content (AvgIpc) is 2.36. The number of nitrogens with one attached hydrogen (secondary N) is 1. The van der Waals surface area contributed by atoms with Gasteiger partial charge in [-0.2, -0.15) is 13.2 Å². The highest BCUT2D eigenvalue weighted by molar-refractivity contribution is 5.43. The summed E-state index contributed by atoms with van der Waals surface area (Å²) in [7, 11) is 2.93. The van der Waals surface area contributed by atoms with Gasteiger partial charge in [-0.15, -0.1) is 0 Å². The zero-order chi connectivity index (χ0) is 14.5. The largest absolute Gasteiger partial charge is 0.493 e. The second kappa shape index (κ2) is 6.65. The standard InChI is InChI=1S/C13H18F3NO2/c1-4-17-10(8-13(14,15)16)9-5-6-11(18-2)12(7-9)19-3/h5-7,10,17H,4,8H2,1-3H3. The van der Waals surface area contributed by atoms with Crippen molar-refractivity contribution in [1.29, 1.82) is 0 Å². The monoisotopic (exact) mass is 277 g/mol. The van der Waals surface area contributed by atoms with Crippen LogP contribution in [-0.4, -0.2) is 26.9 Å². The predicted molar refractivity (Wildman–Crippen MR) is 66.6 cm³/mol. The van der Waals surface area contributed by atoms with Gasteiger partial charge in [-0.3, -0.25) is 0 Å². The molecule has 0 aliphatic carbocycles. The van der Waals surface area contributed by atoms with Crippen LogP contribution in [0, 0.1) is 0 Å². The summed E-state index contributed by atoms with van der Waals surface area (Å²) in [5.41, 5.74) is 0.525. The molecule has 0 aliphatic heterocycles. The molecule has 6 heteroatoms. The van der Waals surface area contributed by atoms with Crippen molar-refractivity contribution in [2.24, 2.45) is 0 Å². The third-order valence-electron chi connectivity index (χ3n) is 2.70. The average molecular weight is 277 g/mol. The minimum absolute atomic E-state index is 0.421. The summed E-state index contributed by atoms with van der Waals surface area (Å²) in [5.74, 6) is 0.915. The Hall–Kier alpha value is -1.43. The van der Waals surface area contributed by atoms with Gasteiger partial charge in [0.05, 0.1) is 20.6 Å². The Kier molecular flexibility index (Phi) is 5.47. The molecule has 1 atom stereocenters. The van der Waals surface area contributed by atoms with E-state index < -0.39 is 18.6 Å². The first-order valence-electron chi connectivity index (χ1n) is 5.93. The first-order valence-corrected chi connectivity index (χ1v) is 5.93. The van der Waals surface area contributed by atoms with Gasteiger partial charge in [0.2, 0.25) is 0 Å². The summed E-state index contributed by atoms with van der Waals surface area (Å²) in [6.45, 7) is 2.22. The lowest BCUT2D eigenvalue weighted by Crippen LogP contribution is -2.26. The Labute approximate surface area is 110 Å². The van der Waals surface area contributed by atoms with Gasteiger partial charge in [0.25, 0.3) is 0 Å². The van der Waals surface area contributed by atoms with E-state index in [2.05, 4.69) is 5.32 Å². The van der Waals surface area contributed by atoms with Crippen LogP contribution in [0.2, 0.25) is 0 Å². The highest BCUT2D eigenvalue weighted by Crippen LogP contribution is 2.34. The Morgan fingerprint density at radius 1 is 1.16 bits per heavy atom. The molecule has 0 bridgehead atoms. The van der Waals surface area contributed by atoms with Crippen LogP contribution in [-0.2, 0) is 0 Å². The molecule has 19 heavy (non-hydrogen) atoms. The number of rotatable bonds is 6. The maximum Gasteiger partial charge on any atom is 0.390 e. The SMILES string of the molecule is CCNC(CC(F)(F)F)c1ccc(OC)c(OC)c1. The van der Waals surface area contributed by atoms with Crippen molar-refractivity contribution in [3.05, 3.63) is 23.8 Å². The highest BCUT2D eigenvalue weighted by atomic mass is 19.4. The van der Waals surface area contributed by atoms with Crippen LogP contribution < -0.4 is 14.8 Å². The van der Waals surface area contributed by atoms with Crippen molar-refractivity contribution >= 4 is 0 Å². The summed E-state index contributed by atoms with van der Waals surface area (Å²) in [4.78, 5) is 0. The van der Waals surface area contributed by atoms with E-state index >= 15 is 0 Å². The Balaban J connectivity index is 3.02. The van der Waals surface area contributed by atoms with E-state index in [4.69, 9.17) is 9.47 Å². The van der Waals surface area contributed by atoms with Crippen LogP contribution in [0.1, 0.15) is 24.9 Å². The molecule has 108 valence electrons. The second-order valence-corrected chi connectivity index (χ2v) is 4.04. The van der Waals surface area contributed by atoms with Gasteiger partial charge in [0, 0.05) is 6.04 Å². The molecule has 1 aromatic rings. The molecule has 0 spiro atoms. The minimum atomic E-state index is -4.22. The van der Waals surface area contributed by atoms with Gasteiger partial charge >= 0.3 is 6.18 Å². The minimum Gasteiger partial charge on any atom is -0.493 e. The van der Waals surface area contributed by atoms with Crippen LogP contribution in [0.3, 0.4) is 0 Å². The Morgan fingerprint density at radius 2 is 1.79 bits per heavy atom. The van der Waals surface area contributed by atoms with Crippen LogP contribution >= 0.6 is 0 Å². The van der Waals surface area contributed by atoms with E-state index in [1.807, 2.05) is 0 Å². The first kappa shape index (κ1) is 15.6. The highest BCUT2D eigenvalue weighted by Gasteiger charge is 2.32. The zero-order valence-electron chi connectivity index (χ0n) is 11.2. The van der Waals surface area contributed by atoms with E-state index in [0.717, 1.165) is 0 Å². The van der Waals surface area contributed by atoms with Crippen molar-refractivity contribution in [2.45, 2.75) is 25.6 Å². The molecule has 0 amide bonds. The number of alkyl halides is 3. The molecule has 0 saturated carbocycles. The summed E-state index contributed by atoms with van der Waals surface area (Å²) in [6.07, 6.45) is -5.14. The van der Waals surface area contributed by atoms with E-state index in [1.54, 1.807) is 25.1 Å². The number of halogens is 3. The van der Waals surface area contributed by atoms with Crippen LogP contribution in [0.5, 0.6) is 11.5 Å². The van der Waals surface area contributed by atoms with Gasteiger partial charge in [-0.25, -0.2) is 0 Å². The fraction of sp³-hybridized carbons (Fsp3) is 0.538. The summed E-state index contributed by atoms with van der Waals surface area (Å²) in [6, 6.07) is 4.00. The van der Waals surface area contributed by atoms with E-state index in [-0.39, 0.29) is 0 Å². The molecular formula is C13H18F3NO2. The fourth-order valence-corrected chi connectivity index (χ4v) is 1.86. The van der Waals surface area contributed by atoms with Gasteiger partial charge in [0.1, 0.15) is 0 Å². The van der Waals surface area contributed by atoms with Crippen molar-refractivity contribution in [3.63, 3.8) is 0 Å². The lowest BCUT2D eigenvalue weighted by molar-refractivity contribution is -0.140. The third-order valence-corrected chi connectivity index (χ3v) is 2.70. The quantitative estimate of drug-likeness (QED) is 0.865. The number of methoxy groups -OCH3 is 2. The molecule has 0 aliphatic rings. The zero-order valence-corrected chi connectivity index (χ0v) is 11.2. The second-order valence-electron chi connectivity index (χ2n) is 4.04. The topological polar surface area (TPSA) is 30.5 Å². The van der Waals surface area contributed by atoms with E-state index in [1.165, 1.54) is 14.2 Å². The fourth-order valence-electron chi connectivity index (χ4n) is 1.86. The molecule has 1 rings (SSSR count). The molecule has 0 aromatic heterocycles. The maximum atomic E-state index is 12.5. The maximum absolute atomic E-state index is 12.5. The number of hydrogen-bond donors (Lipinski definition) is 1. The molecule has 1 unspecified atom stereocenters. The molecule has 1 aromatic carbocycles. The Bertz CT molecular complexity index is 407. The van der Waals surface area contributed by atoms with Gasteiger partial charge in [-0.1, -0.05) is 13.0 Å². The van der Waals surface area contributed by atoms with Crippen LogP contribution in [0.15, 0.2) is 18.2 Å². The van der Waals surface area contributed by atoms with Gasteiger partial charge in [0.15, 0.2) is 11.5 Å². The first-order chi connectivity index (χ1) is 8.91. The molecule has 1 N–H and O–H groups in total. The van der Waals surface area contributed by atoms with Gasteiger partial charge < -0.3 is 14.8 Å². The molecule has 0 saturated heterocycles. The smallest absolute Gasteiger partial charge is 0.390 e. The number of ether oxygens (including phenoxy) is 2. The summed E-state index contributed by atoms with van der Waals surface area (Å²) < 4.78 is 47.8. The van der Waals surface area contributed by atoms with Crippen molar-refractivity contribution < 1.29 is 22.6 Å². The molecule has 0 heterocycles. The van der Waals surface area contributed by atoms with E-state index in [0.29, 0.717) is 23.6 Å². The van der Waals surface area contributed by atoms with Crippen molar-refractivity contribution in [2.75, 3.05) is 20.8 Å². The van der Waals surface area contributed by atoms with Crippen molar-refractivity contribution in [3.8, 4) is 11.5 Å². The normalized spacial score (nSPS) is 13.2. The number of benzene rings is 1. The molecule has 0 radical (unpaired) electrons. The van der Waals surface area contributed by atoms with Gasteiger partial charge in [-0.05, 0) is 24.2 Å².